The number of hydrogen-bond donors (Lipinski definition) is 2. The van der Waals surface area contributed by atoms with E-state index in [2.05, 4.69) is 24.1 Å². The Morgan fingerprint density at radius 3 is 2.47 bits per heavy atom. The molecule has 2 N–H and O–H groups in total. The van der Waals surface area contributed by atoms with Gasteiger partial charge in [-0.15, -0.1) is 0 Å². The molecule has 0 atom stereocenters. The van der Waals surface area contributed by atoms with Crippen LogP contribution in [0.5, 0.6) is 0 Å². The fourth-order valence-electron chi connectivity index (χ4n) is 1.90. The van der Waals surface area contributed by atoms with Crippen molar-refractivity contribution in [3.05, 3.63) is 0 Å². The third kappa shape index (κ3) is 5.50. The van der Waals surface area contributed by atoms with Gasteiger partial charge in [-0.1, -0.05) is 20.3 Å². The molecule has 0 aliphatic carbocycles. The summed E-state index contributed by atoms with van der Waals surface area (Å²) in [5.74, 6) is 0. The fourth-order valence-corrected chi connectivity index (χ4v) is 1.90. The number of piperidine rings is 1. The van der Waals surface area contributed by atoms with E-state index in [1.54, 1.807) is 0 Å². The van der Waals surface area contributed by atoms with E-state index in [1.807, 2.05) is 0 Å². The smallest absolute Gasteiger partial charge is 0.0494 e. The summed E-state index contributed by atoms with van der Waals surface area (Å²) < 4.78 is 0. The predicted octanol–water partition coefficient (Wildman–Crippen LogP) is 1.08. The summed E-state index contributed by atoms with van der Waals surface area (Å²) in [5, 5.41) is 12.5. The van der Waals surface area contributed by atoms with E-state index in [0.29, 0.717) is 0 Å². The van der Waals surface area contributed by atoms with E-state index in [1.165, 1.54) is 32.4 Å². The van der Waals surface area contributed by atoms with E-state index >= 15 is 0 Å². The molecule has 15 heavy (non-hydrogen) atoms. The molecule has 1 saturated heterocycles. The zero-order valence-corrected chi connectivity index (χ0v) is 10.3. The molecule has 1 aliphatic rings. The highest BCUT2D eigenvalue weighted by Gasteiger charge is 2.15. The van der Waals surface area contributed by atoms with Gasteiger partial charge in [0.2, 0.25) is 0 Å². The zero-order chi connectivity index (χ0) is 11.1. The van der Waals surface area contributed by atoms with Crippen LogP contribution in [0.25, 0.3) is 0 Å². The van der Waals surface area contributed by atoms with Crippen molar-refractivity contribution >= 4 is 0 Å². The minimum absolute atomic E-state index is 0.0158. The quantitative estimate of drug-likeness (QED) is 0.650. The Morgan fingerprint density at radius 1 is 1.20 bits per heavy atom. The molecule has 90 valence electrons. The lowest BCUT2D eigenvalue weighted by Crippen LogP contribution is -2.39. The van der Waals surface area contributed by atoms with Crippen LogP contribution in [0.1, 0.15) is 33.1 Å². The molecule has 0 unspecified atom stereocenters. The zero-order valence-electron chi connectivity index (χ0n) is 10.3. The molecule has 0 aromatic heterocycles. The first-order valence-electron chi connectivity index (χ1n) is 6.18. The van der Waals surface area contributed by atoms with Gasteiger partial charge in [0.25, 0.3) is 0 Å². The number of nitrogens with zero attached hydrogens (tertiary/aromatic N) is 1. The van der Waals surface area contributed by atoms with Gasteiger partial charge in [-0.3, -0.25) is 0 Å². The van der Waals surface area contributed by atoms with Crippen LogP contribution in [-0.2, 0) is 0 Å². The molecule has 0 aromatic carbocycles. The molecule has 1 rings (SSSR count). The van der Waals surface area contributed by atoms with Crippen molar-refractivity contribution in [2.75, 3.05) is 39.3 Å². The maximum absolute atomic E-state index is 9.09. The summed E-state index contributed by atoms with van der Waals surface area (Å²) in [4.78, 5) is 2.53. The van der Waals surface area contributed by atoms with Gasteiger partial charge < -0.3 is 15.3 Å². The van der Waals surface area contributed by atoms with Crippen molar-refractivity contribution in [3.63, 3.8) is 0 Å². The largest absolute Gasteiger partial charge is 0.396 e. The molecule has 0 radical (unpaired) electrons. The highest BCUT2D eigenvalue weighted by atomic mass is 16.3. The second kappa shape index (κ2) is 6.46. The van der Waals surface area contributed by atoms with E-state index in [4.69, 9.17) is 5.11 Å². The average molecular weight is 214 g/mol. The van der Waals surface area contributed by atoms with Crippen molar-refractivity contribution in [1.29, 1.82) is 0 Å². The van der Waals surface area contributed by atoms with E-state index < -0.39 is 0 Å². The lowest BCUT2D eigenvalue weighted by molar-refractivity contribution is 0.154. The number of aliphatic hydroxyl groups excluding tert-OH is 1. The van der Waals surface area contributed by atoms with Crippen LogP contribution in [0.2, 0.25) is 0 Å². The van der Waals surface area contributed by atoms with Crippen molar-refractivity contribution < 1.29 is 5.11 Å². The van der Waals surface area contributed by atoms with Crippen LogP contribution < -0.4 is 5.32 Å². The van der Waals surface area contributed by atoms with Crippen LogP contribution in [0.3, 0.4) is 0 Å². The highest BCUT2D eigenvalue weighted by molar-refractivity contribution is 4.71. The van der Waals surface area contributed by atoms with Crippen LogP contribution in [0.15, 0.2) is 0 Å². The first kappa shape index (κ1) is 12.9. The number of nitrogens with one attached hydrogen (secondary N) is 1. The summed E-state index contributed by atoms with van der Waals surface area (Å²) in [6.07, 6.45) is 4.13. The van der Waals surface area contributed by atoms with Crippen LogP contribution >= 0.6 is 0 Å². The van der Waals surface area contributed by atoms with E-state index in [0.717, 1.165) is 19.6 Å². The molecule has 1 heterocycles. The van der Waals surface area contributed by atoms with Crippen molar-refractivity contribution in [2.24, 2.45) is 5.41 Å². The lowest BCUT2D eigenvalue weighted by Gasteiger charge is -2.27. The van der Waals surface area contributed by atoms with Gasteiger partial charge >= 0.3 is 0 Å². The van der Waals surface area contributed by atoms with Crippen LogP contribution in [0, 0.1) is 5.41 Å². The summed E-state index contributed by atoms with van der Waals surface area (Å²) in [6, 6.07) is 0. The second-order valence-corrected chi connectivity index (χ2v) is 5.40. The molecule has 0 spiro atoms. The van der Waals surface area contributed by atoms with Gasteiger partial charge in [-0.05, 0) is 25.9 Å². The molecule has 0 saturated carbocycles. The summed E-state index contributed by atoms with van der Waals surface area (Å²) in [5.41, 5.74) is 0.0158. The van der Waals surface area contributed by atoms with E-state index in [9.17, 15) is 0 Å². The predicted molar refractivity (Wildman–Crippen MR) is 64.0 cm³/mol. The van der Waals surface area contributed by atoms with Gasteiger partial charge in [-0.2, -0.15) is 0 Å². The van der Waals surface area contributed by atoms with Crippen molar-refractivity contribution in [2.45, 2.75) is 33.1 Å². The molecule has 1 fully saturated rings. The summed E-state index contributed by atoms with van der Waals surface area (Å²) in [6.45, 7) is 10.1. The van der Waals surface area contributed by atoms with Crippen molar-refractivity contribution in [3.8, 4) is 0 Å². The maximum atomic E-state index is 9.09. The Hall–Kier alpha value is -0.120. The maximum Gasteiger partial charge on any atom is 0.0494 e. The van der Waals surface area contributed by atoms with Crippen LogP contribution in [0.4, 0.5) is 0 Å². The molecular weight excluding hydrogens is 188 g/mol. The summed E-state index contributed by atoms with van der Waals surface area (Å²) in [7, 11) is 0. The molecule has 0 aromatic rings. The minimum atomic E-state index is 0.0158. The Labute approximate surface area is 93.9 Å². The van der Waals surface area contributed by atoms with Gasteiger partial charge in [0.05, 0.1) is 0 Å². The molecular formula is C12H26N2O. The fraction of sp³-hybridized carbons (Fsp3) is 1.00. The average Bonchev–Trinajstić information content (AvgIpc) is 2.26. The summed E-state index contributed by atoms with van der Waals surface area (Å²) >= 11 is 0. The van der Waals surface area contributed by atoms with Gasteiger partial charge in [-0.25, -0.2) is 0 Å². The van der Waals surface area contributed by atoms with Gasteiger partial charge in [0.1, 0.15) is 0 Å². The molecule has 1 aliphatic heterocycles. The highest BCUT2D eigenvalue weighted by Crippen LogP contribution is 2.11. The second-order valence-electron chi connectivity index (χ2n) is 5.40. The first-order valence-corrected chi connectivity index (χ1v) is 6.18. The van der Waals surface area contributed by atoms with E-state index in [-0.39, 0.29) is 12.0 Å². The third-order valence-electron chi connectivity index (χ3n) is 3.09. The van der Waals surface area contributed by atoms with Crippen LogP contribution in [-0.4, -0.2) is 49.3 Å². The lowest BCUT2D eigenvalue weighted by atomic mass is 9.95. The van der Waals surface area contributed by atoms with Crippen molar-refractivity contribution in [1.82, 2.24) is 10.2 Å². The van der Waals surface area contributed by atoms with Gasteiger partial charge in [0, 0.05) is 31.7 Å². The SMILES string of the molecule is CC(C)(CO)CNCCN1CCCCC1. The number of aliphatic hydroxyl groups is 1. The third-order valence-corrected chi connectivity index (χ3v) is 3.09. The molecule has 0 amide bonds. The Kier molecular flexibility index (Phi) is 5.58. The molecule has 0 bridgehead atoms. The number of hydrogen-bond acceptors (Lipinski definition) is 3. The standard InChI is InChI=1S/C12H26N2O/c1-12(2,11-15)10-13-6-9-14-7-4-3-5-8-14/h13,15H,3-11H2,1-2H3. The first-order chi connectivity index (χ1) is 7.14. The monoisotopic (exact) mass is 214 g/mol. The number of rotatable bonds is 6. The topological polar surface area (TPSA) is 35.5 Å². The Balaban J connectivity index is 2.00. The normalized spacial score (nSPS) is 19.4. The number of likely N-dealkylation sites (tertiary alicyclic amines) is 1. The van der Waals surface area contributed by atoms with Gasteiger partial charge in [0.15, 0.2) is 0 Å². The Morgan fingerprint density at radius 2 is 1.87 bits per heavy atom. The Bertz CT molecular complexity index is 165. The molecule has 3 heteroatoms. The minimum Gasteiger partial charge on any atom is -0.396 e. The molecule has 3 nitrogen and oxygen atoms in total.